The minimum absolute atomic E-state index is 0.0291. The fourth-order valence-corrected chi connectivity index (χ4v) is 3.62. The zero-order valence-electron chi connectivity index (χ0n) is 18.8. The van der Waals surface area contributed by atoms with E-state index in [4.69, 9.17) is 15.2 Å². The standard InChI is InChI=1S/C25H25FN2O5/c1-5-32-22(30)21(15-29)28-20-13-9-7-11-17(20)18(16-10-6-8-12-19(16)26)14-25(27,23(28)31)33-24(2,3)4/h6-14H,5,27H2,1-4H3. The fraction of sp³-hybridized carbons (Fsp3) is 0.280. The number of hydrogen-bond donors (Lipinski definition) is 1. The highest BCUT2D eigenvalue weighted by Gasteiger charge is 2.47. The van der Waals surface area contributed by atoms with Gasteiger partial charge < -0.3 is 9.47 Å². The smallest absolute Gasteiger partial charge is 0.367 e. The Balaban J connectivity index is 2.38. The van der Waals surface area contributed by atoms with Gasteiger partial charge in [-0.25, -0.2) is 14.0 Å². The lowest BCUT2D eigenvalue weighted by molar-refractivity contribution is -0.153. The van der Waals surface area contributed by atoms with Crippen LogP contribution in [0.2, 0.25) is 0 Å². The van der Waals surface area contributed by atoms with Crippen molar-refractivity contribution in [1.29, 1.82) is 0 Å². The van der Waals surface area contributed by atoms with Crippen LogP contribution >= 0.6 is 0 Å². The zero-order chi connectivity index (χ0) is 24.4. The molecule has 2 N–H and O–H groups in total. The fourth-order valence-electron chi connectivity index (χ4n) is 3.62. The summed E-state index contributed by atoms with van der Waals surface area (Å²) in [4.78, 5) is 39.1. The molecule has 0 aliphatic carbocycles. The van der Waals surface area contributed by atoms with Crippen molar-refractivity contribution in [2.45, 2.75) is 39.0 Å². The topological polar surface area (TPSA) is 98.9 Å². The zero-order valence-corrected chi connectivity index (χ0v) is 18.8. The van der Waals surface area contributed by atoms with Crippen LogP contribution in [0.3, 0.4) is 0 Å². The molecule has 7 nitrogen and oxygen atoms in total. The van der Waals surface area contributed by atoms with Crippen LogP contribution in [0.5, 0.6) is 0 Å². The Kier molecular flexibility index (Phi) is 6.65. The molecule has 1 atom stereocenters. The molecule has 2 aromatic rings. The number of nitrogens with two attached hydrogens (primary N) is 1. The number of amides is 1. The van der Waals surface area contributed by atoms with E-state index >= 15 is 0 Å². The minimum atomic E-state index is -2.16. The molecule has 33 heavy (non-hydrogen) atoms. The van der Waals surface area contributed by atoms with E-state index < -0.39 is 34.7 Å². The highest BCUT2D eigenvalue weighted by molar-refractivity contribution is 6.17. The van der Waals surface area contributed by atoms with Gasteiger partial charge in [-0.15, -0.1) is 0 Å². The predicted molar refractivity (Wildman–Crippen MR) is 121 cm³/mol. The molecule has 1 aliphatic rings. The van der Waals surface area contributed by atoms with Gasteiger partial charge in [0, 0.05) is 11.1 Å². The van der Waals surface area contributed by atoms with E-state index in [-0.39, 0.29) is 23.4 Å². The summed E-state index contributed by atoms with van der Waals surface area (Å²) in [6, 6.07) is 12.4. The number of benzene rings is 2. The second kappa shape index (κ2) is 9.11. The highest BCUT2D eigenvalue weighted by atomic mass is 19.1. The number of ether oxygens (including phenoxy) is 2. The number of carbonyl (C=O) groups excluding carboxylic acids is 3. The first-order chi connectivity index (χ1) is 15.5. The molecule has 8 heteroatoms. The molecule has 1 aliphatic heterocycles. The number of esters is 1. The summed E-state index contributed by atoms with van der Waals surface area (Å²) >= 11 is 0. The van der Waals surface area contributed by atoms with Crippen LogP contribution in [0.4, 0.5) is 10.1 Å². The molecule has 2 aromatic carbocycles. The van der Waals surface area contributed by atoms with E-state index in [9.17, 15) is 18.8 Å². The number of anilines is 1. The monoisotopic (exact) mass is 452 g/mol. The maximum absolute atomic E-state index is 14.9. The van der Waals surface area contributed by atoms with Crippen LogP contribution in [0.15, 0.2) is 60.3 Å². The Morgan fingerprint density at radius 2 is 1.73 bits per heavy atom. The molecule has 0 saturated carbocycles. The Labute approximate surface area is 191 Å². The lowest BCUT2D eigenvalue weighted by Crippen LogP contribution is -2.58. The van der Waals surface area contributed by atoms with Gasteiger partial charge in [-0.1, -0.05) is 36.4 Å². The Hall–Kier alpha value is -3.58. The number of para-hydroxylation sites is 1. The average Bonchev–Trinajstić information content (AvgIpc) is 2.83. The van der Waals surface area contributed by atoms with Crippen molar-refractivity contribution in [3.8, 4) is 0 Å². The largest absolute Gasteiger partial charge is 0.461 e. The van der Waals surface area contributed by atoms with Gasteiger partial charge in [-0.2, -0.15) is 0 Å². The van der Waals surface area contributed by atoms with E-state index in [1.807, 2.05) is 0 Å². The highest BCUT2D eigenvalue weighted by Crippen LogP contribution is 2.40. The molecule has 1 unspecified atom stereocenters. The number of nitrogens with zero attached hydrogens (tertiary/aromatic N) is 1. The third-order valence-corrected chi connectivity index (χ3v) is 4.76. The quantitative estimate of drug-likeness (QED) is 0.323. The van der Waals surface area contributed by atoms with Crippen molar-refractivity contribution in [3.05, 3.63) is 77.2 Å². The van der Waals surface area contributed by atoms with Crippen LogP contribution in [-0.4, -0.2) is 35.8 Å². The van der Waals surface area contributed by atoms with Crippen molar-refractivity contribution in [3.63, 3.8) is 0 Å². The average molecular weight is 452 g/mol. The molecule has 1 amide bonds. The first-order valence-electron chi connectivity index (χ1n) is 10.4. The lowest BCUT2D eigenvalue weighted by Gasteiger charge is -2.35. The van der Waals surface area contributed by atoms with Gasteiger partial charge in [-0.3, -0.25) is 15.4 Å². The third-order valence-electron chi connectivity index (χ3n) is 4.76. The van der Waals surface area contributed by atoms with Crippen molar-refractivity contribution in [2.75, 3.05) is 11.5 Å². The van der Waals surface area contributed by atoms with E-state index in [0.717, 1.165) is 4.90 Å². The summed E-state index contributed by atoms with van der Waals surface area (Å²) in [5.74, 6) is -1.02. The van der Waals surface area contributed by atoms with Gasteiger partial charge in [0.15, 0.2) is 5.94 Å². The van der Waals surface area contributed by atoms with Crippen LogP contribution < -0.4 is 10.6 Å². The molecule has 0 aromatic heterocycles. The number of hydrogen-bond acceptors (Lipinski definition) is 6. The number of halogens is 1. The van der Waals surface area contributed by atoms with E-state index in [2.05, 4.69) is 0 Å². The number of fused-ring (bicyclic) bond motifs is 1. The maximum Gasteiger partial charge on any atom is 0.367 e. The molecule has 0 radical (unpaired) electrons. The summed E-state index contributed by atoms with van der Waals surface area (Å²) in [6.45, 7) is 6.60. The van der Waals surface area contributed by atoms with Crippen molar-refractivity contribution in [1.82, 2.24) is 0 Å². The van der Waals surface area contributed by atoms with Crippen LogP contribution in [0, 0.1) is 5.82 Å². The van der Waals surface area contributed by atoms with Crippen LogP contribution in [0.1, 0.15) is 38.8 Å². The Morgan fingerprint density at radius 3 is 2.30 bits per heavy atom. The number of carbonyl (C=O) groups is 2. The summed E-state index contributed by atoms with van der Waals surface area (Å²) in [6.07, 6.45) is 1.31. The van der Waals surface area contributed by atoms with E-state index in [1.165, 1.54) is 36.3 Å². The van der Waals surface area contributed by atoms with E-state index in [0.29, 0.717) is 5.56 Å². The van der Waals surface area contributed by atoms with Crippen LogP contribution in [-0.2, 0) is 23.9 Å². The molecule has 1 heterocycles. The first-order valence-corrected chi connectivity index (χ1v) is 10.4. The van der Waals surface area contributed by atoms with Crippen LogP contribution in [0.25, 0.3) is 5.57 Å². The van der Waals surface area contributed by atoms with Crippen molar-refractivity contribution >= 4 is 29.1 Å². The van der Waals surface area contributed by atoms with Gasteiger partial charge in [0.05, 0.1) is 17.9 Å². The second-order valence-corrected chi connectivity index (χ2v) is 8.37. The normalized spacial score (nSPS) is 18.1. The molecule has 0 spiro atoms. The predicted octanol–water partition coefficient (Wildman–Crippen LogP) is 3.35. The minimum Gasteiger partial charge on any atom is -0.461 e. The molecule has 3 rings (SSSR count). The maximum atomic E-state index is 14.9. The third kappa shape index (κ3) is 4.78. The van der Waals surface area contributed by atoms with Gasteiger partial charge in [0.2, 0.25) is 11.4 Å². The van der Waals surface area contributed by atoms with Gasteiger partial charge >= 0.3 is 5.97 Å². The summed E-state index contributed by atoms with van der Waals surface area (Å²) in [7, 11) is 0. The molecular weight excluding hydrogens is 427 g/mol. The molecular formula is C25H25FN2O5. The van der Waals surface area contributed by atoms with E-state index in [1.54, 1.807) is 52.0 Å². The summed E-state index contributed by atoms with van der Waals surface area (Å²) < 4.78 is 25.8. The van der Waals surface area contributed by atoms with Crippen molar-refractivity contribution in [2.24, 2.45) is 5.73 Å². The van der Waals surface area contributed by atoms with Crippen molar-refractivity contribution < 1.29 is 28.2 Å². The number of rotatable bonds is 5. The SMILES string of the molecule is CCOC(=O)C(=C=O)N1C(=O)C(N)(OC(C)(C)C)C=C(c2ccccc2F)c2ccccc21. The second-order valence-electron chi connectivity index (χ2n) is 8.37. The molecule has 172 valence electrons. The molecule has 0 saturated heterocycles. The Bertz CT molecular complexity index is 1180. The lowest BCUT2D eigenvalue weighted by atomic mass is 9.94. The first kappa shape index (κ1) is 24.1. The van der Waals surface area contributed by atoms with Gasteiger partial charge in [0.1, 0.15) is 5.82 Å². The van der Waals surface area contributed by atoms with Gasteiger partial charge in [-0.05, 0) is 51.5 Å². The molecule has 0 bridgehead atoms. The van der Waals surface area contributed by atoms with Gasteiger partial charge in [0.25, 0.3) is 5.91 Å². The summed E-state index contributed by atoms with van der Waals surface area (Å²) in [5.41, 5.74) is 3.65. The molecule has 0 fully saturated rings. The Morgan fingerprint density at radius 1 is 1.12 bits per heavy atom. The summed E-state index contributed by atoms with van der Waals surface area (Å²) in [5, 5.41) is 0.